The molecule has 5 nitrogen and oxygen atoms in total. The van der Waals surface area contributed by atoms with Crippen LogP contribution >= 0.6 is 0 Å². The van der Waals surface area contributed by atoms with Crippen LogP contribution in [0.2, 0.25) is 0 Å². The van der Waals surface area contributed by atoms with Gasteiger partial charge in [0, 0.05) is 19.6 Å². The lowest BCUT2D eigenvalue weighted by molar-refractivity contribution is 0.168. The highest BCUT2D eigenvalue weighted by Crippen LogP contribution is 2.32. The predicted molar refractivity (Wildman–Crippen MR) is 115 cm³/mol. The fraction of sp³-hybridized carbons (Fsp3) is 0.478. The molecule has 5 heteroatoms. The van der Waals surface area contributed by atoms with E-state index in [1.807, 2.05) is 30.3 Å². The van der Waals surface area contributed by atoms with Crippen molar-refractivity contribution in [2.24, 2.45) is 11.7 Å². The largest absolute Gasteiger partial charge is 0.395 e. The first-order valence-electron chi connectivity index (χ1n) is 10.1. The first kappa shape index (κ1) is 24.3. The molecule has 156 valence electrons. The van der Waals surface area contributed by atoms with Gasteiger partial charge in [0.2, 0.25) is 0 Å². The van der Waals surface area contributed by atoms with E-state index in [2.05, 4.69) is 35.6 Å². The van der Waals surface area contributed by atoms with Gasteiger partial charge in [0.05, 0.1) is 19.3 Å². The Kier molecular flexibility index (Phi) is 14.1. The third-order valence-electron chi connectivity index (χ3n) is 4.18. The minimum atomic E-state index is -0.385. The van der Waals surface area contributed by atoms with Crippen molar-refractivity contribution in [3.8, 4) is 0 Å². The standard InChI is InChI=1S/C11H17NO2.C10H12.C2H7NO/c13-7-6-12-9-11(14)8-10-4-2-1-3-5-10;1-2-4-9(5-3-1)8-10-6-7-10;3-1-2-4/h1-5,11-14H,6-9H2;1-5,10H,6-8H2;4H,1-3H2. The van der Waals surface area contributed by atoms with Crippen LogP contribution in [0, 0.1) is 5.92 Å². The highest BCUT2D eigenvalue weighted by Gasteiger charge is 2.20. The Hall–Kier alpha value is -1.76. The first-order valence-corrected chi connectivity index (χ1v) is 10.1. The molecule has 1 fully saturated rings. The van der Waals surface area contributed by atoms with Gasteiger partial charge in [-0.3, -0.25) is 0 Å². The molecule has 0 heterocycles. The van der Waals surface area contributed by atoms with Gasteiger partial charge < -0.3 is 26.4 Å². The molecule has 2 aromatic carbocycles. The summed E-state index contributed by atoms with van der Waals surface area (Å²) >= 11 is 0. The van der Waals surface area contributed by atoms with E-state index in [-0.39, 0.29) is 19.3 Å². The zero-order valence-electron chi connectivity index (χ0n) is 16.7. The van der Waals surface area contributed by atoms with Gasteiger partial charge in [-0.2, -0.15) is 0 Å². The van der Waals surface area contributed by atoms with Crippen LogP contribution in [0.15, 0.2) is 60.7 Å². The molecule has 2 aromatic rings. The second kappa shape index (κ2) is 16.2. The third kappa shape index (κ3) is 13.4. The lowest BCUT2D eigenvalue weighted by atomic mass is 10.1. The van der Waals surface area contributed by atoms with Crippen molar-refractivity contribution in [3.05, 3.63) is 71.8 Å². The van der Waals surface area contributed by atoms with E-state index in [4.69, 9.17) is 15.9 Å². The van der Waals surface area contributed by atoms with Crippen LogP contribution < -0.4 is 11.1 Å². The van der Waals surface area contributed by atoms with Crippen LogP contribution in [0.25, 0.3) is 0 Å². The quantitative estimate of drug-likeness (QED) is 0.422. The van der Waals surface area contributed by atoms with Crippen LogP contribution in [-0.2, 0) is 12.8 Å². The summed E-state index contributed by atoms with van der Waals surface area (Å²) in [6.45, 7) is 1.64. The molecule has 0 amide bonds. The second-order valence-electron chi connectivity index (χ2n) is 6.92. The van der Waals surface area contributed by atoms with E-state index >= 15 is 0 Å². The third-order valence-corrected chi connectivity index (χ3v) is 4.18. The molecule has 1 aliphatic carbocycles. The molecule has 28 heavy (non-hydrogen) atoms. The van der Waals surface area contributed by atoms with Crippen LogP contribution in [0.3, 0.4) is 0 Å². The minimum Gasteiger partial charge on any atom is -0.395 e. The Labute approximate surface area is 169 Å². The molecule has 1 atom stereocenters. The molecule has 0 aromatic heterocycles. The van der Waals surface area contributed by atoms with Crippen LogP contribution in [0.1, 0.15) is 24.0 Å². The highest BCUT2D eigenvalue weighted by molar-refractivity contribution is 5.16. The Morgan fingerprint density at radius 3 is 1.89 bits per heavy atom. The summed E-state index contributed by atoms with van der Waals surface area (Å²) in [5.74, 6) is 1.02. The van der Waals surface area contributed by atoms with Crippen molar-refractivity contribution in [2.75, 3.05) is 32.8 Å². The first-order chi connectivity index (χ1) is 13.7. The lowest BCUT2D eigenvalue weighted by Gasteiger charge is -2.10. The van der Waals surface area contributed by atoms with Gasteiger partial charge >= 0.3 is 0 Å². The molecule has 1 saturated carbocycles. The van der Waals surface area contributed by atoms with E-state index in [1.165, 1.54) is 24.8 Å². The Balaban J connectivity index is 0.000000243. The summed E-state index contributed by atoms with van der Waals surface area (Å²) in [6.07, 6.45) is 4.48. The fourth-order valence-electron chi connectivity index (χ4n) is 2.58. The van der Waals surface area contributed by atoms with Crippen molar-refractivity contribution in [3.63, 3.8) is 0 Å². The molecule has 3 rings (SSSR count). The van der Waals surface area contributed by atoms with Crippen molar-refractivity contribution in [1.82, 2.24) is 5.32 Å². The number of aliphatic hydroxyl groups excluding tert-OH is 3. The molecule has 0 aliphatic heterocycles. The topological polar surface area (TPSA) is 98.7 Å². The van der Waals surface area contributed by atoms with Gasteiger partial charge in [0.15, 0.2) is 0 Å². The van der Waals surface area contributed by atoms with Crippen molar-refractivity contribution >= 4 is 0 Å². The summed E-state index contributed by atoms with van der Waals surface area (Å²) < 4.78 is 0. The van der Waals surface area contributed by atoms with Gasteiger partial charge in [-0.05, 0) is 42.7 Å². The van der Waals surface area contributed by atoms with Gasteiger partial charge in [0.1, 0.15) is 0 Å². The molecule has 0 radical (unpaired) electrons. The summed E-state index contributed by atoms with van der Waals surface area (Å²) in [5, 5.41) is 28.8. The van der Waals surface area contributed by atoms with E-state index in [9.17, 15) is 5.11 Å². The SMILES string of the molecule is NCCO.OCCNCC(O)Cc1ccccc1.c1ccc(CC2CC2)cc1. The summed E-state index contributed by atoms with van der Waals surface area (Å²) in [6, 6.07) is 20.6. The molecule has 1 unspecified atom stereocenters. The van der Waals surface area contributed by atoms with E-state index < -0.39 is 0 Å². The van der Waals surface area contributed by atoms with Crippen LogP contribution in [-0.4, -0.2) is 54.3 Å². The van der Waals surface area contributed by atoms with E-state index in [0.717, 1.165) is 11.5 Å². The maximum Gasteiger partial charge on any atom is 0.0704 e. The Morgan fingerprint density at radius 2 is 1.43 bits per heavy atom. The normalized spacial score (nSPS) is 13.6. The second-order valence-corrected chi connectivity index (χ2v) is 6.92. The average Bonchev–Trinajstić information content (AvgIpc) is 3.54. The maximum absolute atomic E-state index is 9.59. The lowest BCUT2D eigenvalue weighted by Crippen LogP contribution is -2.30. The van der Waals surface area contributed by atoms with Gasteiger partial charge in [0.25, 0.3) is 0 Å². The predicted octanol–water partition coefficient (Wildman–Crippen LogP) is 1.75. The number of aliphatic hydroxyl groups is 3. The van der Waals surface area contributed by atoms with Crippen LogP contribution in [0.4, 0.5) is 0 Å². The van der Waals surface area contributed by atoms with Crippen molar-refractivity contribution < 1.29 is 15.3 Å². The number of nitrogens with two attached hydrogens (primary N) is 1. The maximum atomic E-state index is 9.59. The minimum absolute atomic E-state index is 0.0972. The summed E-state index contributed by atoms with van der Waals surface area (Å²) in [5.41, 5.74) is 7.41. The van der Waals surface area contributed by atoms with E-state index in [0.29, 0.717) is 26.1 Å². The monoisotopic (exact) mass is 388 g/mol. The van der Waals surface area contributed by atoms with Gasteiger partial charge in [-0.15, -0.1) is 0 Å². The van der Waals surface area contributed by atoms with Gasteiger partial charge in [-0.25, -0.2) is 0 Å². The molecular weight excluding hydrogens is 352 g/mol. The fourth-order valence-corrected chi connectivity index (χ4v) is 2.58. The van der Waals surface area contributed by atoms with Crippen LogP contribution in [0.5, 0.6) is 0 Å². The van der Waals surface area contributed by atoms with Crippen molar-refractivity contribution in [2.45, 2.75) is 31.8 Å². The Bertz CT molecular complexity index is 575. The van der Waals surface area contributed by atoms with Crippen molar-refractivity contribution in [1.29, 1.82) is 0 Å². The molecule has 0 saturated heterocycles. The zero-order chi connectivity index (χ0) is 20.5. The average molecular weight is 389 g/mol. The number of rotatable bonds is 9. The number of nitrogens with one attached hydrogen (secondary N) is 1. The zero-order valence-corrected chi connectivity index (χ0v) is 16.7. The highest BCUT2D eigenvalue weighted by atomic mass is 16.3. The summed E-state index contributed by atoms with van der Waals surface area (Å²) in [4.78, 5) is 0. The molecule has 6 N–H and O–H groups in total. The number of hydrogen-bond donors (Lipinski definition) is 5. The van der Waals surface area contributed by atoms with Gasteiger partial charge in [-0.1, -0.05) is 60.7 Å². The summed E-state index contributed by atoms with van der Waals surface area (Å²) in [7, 11) is 0. The number of benzene rings is 2. The molecule has 0 spiro atoms. The smallest absolute Gasteiger partial charge is 0.0704 e. The molecular formula is C23H36N2O3. The molecule has 1 aliphatic rings. The Morgan fingerprint density at radius 1 is 0.893 bits per heavy atom. The van der Waals surface area contributed by atoms with E-state index in [1.54, 1.807) is 0 Å². The molecule has 0 bridgehead atoms. The number of hydrogen-bond acceptors (Lipinski definition) is 5.